The minimum atomic E-state index is -1.40. The molecule has 26 heavy (non-hydrogen) atoms. The smallest absolute Gasteiger partial charge is 0.351 e. The van der Waals surface area contributed by atoms with Gasteiger partial charge in [-0.2, -0.15) is 4.98 Å². The largest absolute Gasteiger partial charge is 0.394 e. The maximum Gasteiger partial charge on any atom is 0.351 e. The number of ether oxygens (including phenoxy) is 2. The molecule has 1 aromatic rings. The first-order valence-corrected chi connectivity index (χ1v) is 7.89. The Bertz CT molecular complexity index is 692. The fourth-order valence-corrected chi connectivity index (χ4v) is 2.43. The van der Waals surface area contributed by atoms with Gasteiger partial charge in [0.15, 0.2) is 12.0 Å². The Hall–Kier alpha value is -2.05. The fraction of sp³-hybridized carbons (Fsp3) is 0.667. The summed E-state index contributed by atoms with van der Waals surface area (Å²) in [5.74, 6) is -0.631. The minimum Gasteiger partial charge on any atom is -0.394 e. The highest BCUT2D eigenvalue weighted by Crippen LogP contribution is 2.28. The van der Waals surface area contributed by atoms with Crippen LogP contribution in [0.3, 0.4) is 0 Å². The molecule has 0 unspecified atom stereocenters. The average Bonchev–Trinajstić information content (AvgIpc) is 2.87. The van der Waals surface area contributed by atoms with Gasteiger partial charge >= 0.3 is 11.7 Å². The standard InChI is InChI=1S/C15H23N3O8/c1-15(2,7-24-3)13(22)26-17-9-4-5-18(14(23)16-9)12-11(21)10(20)8(6-19)25-12/h4-5,8,10-12,19-21H,6-7H2,1-3H3,(H,16,17,23)/t8-,10-,11-,12-/m1/s1. The predicted octanol–water partition coefficient (Wildman–Crippen LogP) is -1.60. The zero-order chi connectivity index (χ0) is 19.5. The molecule has 0 aliphatic carbocycles. The van der Waals surface area contributed by atoms with Crippen molar-refractivity contribution in [2.75, 3.05) is 25.8 Å². The third-order valence-electron chi connectivity index (χ3n) is 3.93. The van der Waals surface area contributed by atoms with Crippen molar-refractivity contribution < 1.29 is 34.4 Å². The summed E-state index contributed by atoms with van der Waals surface area (Å²) in [7, 11) is 1.46. The molecule has 11 heteroatoms. The Labute approximate surface area is 149 Å². The van der Waals surface area contributed by atoms with Crippen LogP contribution in [0.15, 0.2) is 17.1 Å². The van der Waals surface area contributed by atoms with Crippen molar-refractivity contribution in [2.24, 2.45) is 5.41 Å². The topological polar surface area (TPSA) is 152 Å². The molecule has 1 aliphatic heterocycles. The lowest BCUT2D eigenvalue weighted by molar-refractivity contribution is -0.153. The summed E-state index contributed by atoms with van der Waals surface area (Å²) in [5, 5.41) is 28.8. The molecule has 2 heterocycles. The van der Waals surface area contributed by atoms with Crippen LogP contribution in [0.25, 0.3) is 0 Å². The molecule has 1 aliphatic rings. The maximum atomic E-state index is 12.1. The normalized spacial score (nSPS) is 25.9. The van der Waals surface area contributed by atoms with Crippen molar-refractivity contribution in [3.8, 4) is 0 Å². The summed E-state index contributed by atoms with van der Waals surface area (Å²) in [6.45, 7) is 2.90. The molecule has 4 N–H and O–H groups in total. The number of aliphatic hydroxyl groups excluding tert-OH is 3. The molecule has 2 rings (SSSR count). The van der Waals surface area contributed by atoms with E-state index in [9.17, 15) is 19.8 Å². The number of hydrogen-bond acceptors (Lipinski definition) is 10. The van der Waals surface area contributed by atoms with Gasteiger partial charge in [-0.15, -0.1) is 0 Å². The van der Waals surface area contributed by atoms with E-state index in [1.54, 1.807) is 13.8 Å². The van der Waals surface area contributed by atoms with Gasteiger partial charge in [0, 0.05) is 19.4 Å². The highest BCUT2D eigenvalue weighted by Gasteiger charge is 2.43. The number of methoxy groups -OCH3 is 1. The molecule has 0 radical (unpaired) electrons. The van der Waals surface area contributed by atoms with Crippen LogP contribution in [-0.2, 0) is 19.1 Å². The Kier molecular flexibility index (Phi) is 6.31. The lowest BCUT2D eigenvalue weighted by Gasteiger charge is -2.21. The van der Waals surface area contributed by atoms with E-state index in [1.165, 1.54) is 19.4 Å². The monoisotopic (exact) mass is 373 g/mol. The molecule has 146 valence electrons. The second kappa shape index (κ2) is 8.10. The molecule has 1 saturated heterocycles. The van der Waals surface area contributed by atoms with Crippen molar-refractivity contribution in [3.05, 3.63) is 22.7 Å². The molecule has 1 fully saturated rings. The number of nitrogens with zero attached hydrogens (tertiary/aromatic N) is 2. The molecule has 0 spiro atoms. The Morgan fingerprint density at radius 2 is 2.12 bits per heavy atom. The molecular formula is C15H23N3O8. The summed E-state index contributed by atoms with van der Waals surface area (Å²) in [5.41, 5.74) is 0.582. The van der Waals surface area contributed by atoms with Gasteiger partial charge in [0.25, 0.3) is 0 Å². The maximum absolute atomic E-state index is 12.1. The molecule has 0 amide bonds. The third-order valence-corrected chi connectivity index (χ3v) is 3.93. The lowest BCUT2D eigenvalue weighted by Crippen LogP contribution is -2.36. The number of rotatable bonds is 7. The van der Waals surface area contributed by atoms with Gasteiger partial charge in [0.05, 0.1) is 18.6 Å². The van der Waals surface area contributed by atoms with Crippen LogP contribution in [-0.4, -0.2) is 69.5 Å². The number of aliphatic hydroxyl groups is 3. The highest BCUT2D eigenvalue weighted by atomic mass is 16.7. The summed E-state index contributed by atoms with van der Waals surface area (Å²) >= 11 is 0. The van der Waals surface area contributed by atoms with E-state index < -0.39 is 48.2 Å². The zero-order valence-electron chi connectivity index (χ0n) is 14.7. The molecule has 1 aromatic heterocycles. The first kappa shape index (κ1) is 20.3. The van der Waals surface area contributed by atoms with E-state index in [1.807, 2.05) is 0 Å². The van der Waals surface area contributed by atoms with Crippen LogP contribution in [0.2, 0.25) is 0 Å². The van der Waals surface area contributed by atoms with Crippen LogP contribution in [0.5, 0.6) is 0 Å². The molecule has 11 nitrogen and oxygen atoms in total. The first-order chi connectivity index (χ1) is 12.2. The fourth-order valence-electron chi connectivity index (χ4n) is 2.43. The van der Waals surface area contributed by atoms with E-state index in [0.717, 1.165) is 4.57 Å². The van der Waals surface area contributed by atoms with Gasteiger partial charge in [0.2, 0.25) is 0 Å². The Balaban J connectivity index is 2.06. The van der Waals surface area contributed by atoms with Gasteiger partial charge in [-0.05, 0) is 13.8 Å². The number of nitrogens with one attached hydrogen (secondary N) is 1. The van der Waals surface area contributed by atoms with E-state index in [0.29, 0.717) is 0 Å². The Morgan fingerprint density at radius 1 is 1.42 bits per heavy atom. The molecule has 4 atom stereocenters. The Morgan fingerprint density at radius 3 is 2.65 bits per heavy atom. The van der Waals surface area contributed by atoms with E-state index in [-0.39, 0.29) is 12.4 Å². The van der Waals surface area contributed by atoms with E-state index in [4.69, 9.17) is 19.4 Å². The molecular weight excluding hydrogens is 350 g/mol. The molecule has 0 aromatic carbocycles. The van der Waals surface area contributed by atoms with Crippen LogP contribution in [0, 0.1) is 5.41 Å². The van der Waals surface area contributed by atoms with Crippen LogP contribution in [0.4, 0.5) is 5.82 Å². The minimum absolute atomic E-state index is 0.0282. The van der Waals surface area contributed by atoms with Crippen LogP contribution < -0.4 is 11.2 Å². The van der Waals surface area contributed by atoms with Gasteiger partial charge in [0.1, 0.15) is 18.3 Å². The second-order valence-electron chi connectivity index (χ2n) is 6.54. The number of hydrogen-bond donors (Lipinski definition) is 4. The number of aromatic nitrogens is 2. The van der Waals surface area contributed by atoms with Crippen molar-refractivity contribution >= 4 is 11.8 Å². The summed E-state index contributed by atoms with van der Waals surface area (Å²) in [4.78, 5) is 32.7. The van der Waals surface area contributed by atoms with Gasteiger partial charge < -0.3 is 29.6 Å². The zero-order valence-corrected chi connectivity index (χ0v) is 14.7. The number of carbonyl (C=O) groups is 1. The SMILES string of the molecule is COCC(C)(C)C(=O)ONc1ccn([C@@H]2O[C@H](CO)[C@@H](O)[C@H]2O)c(=O)n1. The number of anilines is 1. The molecule has 0 saturated carbocycles. The quantitative estimate of drug-likeness (QED) is 0.411. The van der Waals surface area contributed by atoms with Gasteiger partial charge in [-0.3, -0.25) is 4.57 Å². The third kappa shape index (κ3) is 4.19. The van der Waals surface area contributed by atoms with Crippen LogP contribution in [0.1, 0.15) is 20.1 Å². The summed E-state index contributed by atoms with van der Waals surface area (Å²) < 4.78 is 11.2. The van der Waals surface area contributed by atoms with Crippen molar-refractivity contribution in [1.29, 1.82) is 0 Å². The van der Waals surface area contributed by atoms with E-state index in [2.05, 4.69) is 10.5 Å². The highest BCUT2D eigenvalue weighted by molar-refractivity contribution is 5.76. The van der Waals surface area contributed by atoms with Gasteiger partial charge in [-0.25, -0.2) is 15.1 Å². The second-order valence-corrected chi connectivity index (χ2v) is 6.54. The number of carbonyl (C=O) groups excluding carboxylic acids is 1. The average molecular weight is 373 g/mol. The van der Waals surface area contributed by atoms with Crippen molar-refractivity contribution in [1.82, 2.24) is 9.55 Å². The first-order valence-electron chi connectivity index (χ1n) is 7.89. The summed E-state index contributed by atoms with van der Waals surface area (Å²) in [6, 6.07) is 1.33. The summed E-state index contributed by atoms with van der Waals surface area (Å²) in [6.07, 6.45) is -3.69. The van der Waals surface area contributed by atoms with Crippen molar-refractivity contribution in [3.63, 3.8) is 0 Å². The molecule has 0 bridgehead atoms. The lowest BCUT2D eigenvalue weighted by atomic mass is 9.95. The van der Waals surface area contributed by atoms with Gasteiger partial charge in [-0.1, -0.05) is 0 Å². The van der Waals surface area contributed by atoms with Crippen LogP contribution >= 0.6 is 0 Å². The predicted molar refractivity (Wildman–Crippen MR) is 86.9 cm³/mol. The van der Waals surface area contributed by atoms with E-state index >= 15 is 0 Å². The van der Waals surface area contributed by atoms with Crippen molar-refractivity contribution in [2.45, 2.75) is 38.4 Å².